The van der Waals surface area contributed by atoms with Crippen LogP contribution in [0, 0.1) is 5.92 Å². The zero-order valence-electron chi connectivity index (χ0n) is 23.2. The number of carbonyl (C=O) groups is 3. The molecule has 0 aliphatic heterocycles. The number of rotatable bonds is 28. The molecule has 0 bridgehead atoms. The van der Waals surface area contributed by atoms with E-state index in [9.17, 15) is 14.4 Å². The summed E-state index contributed by atoms with van der Waals surface area (Å²) < 4.78 is 32.4. The van der Waals surface area contributed by atoms with E-state index in [0.29, 0.717) is 118 Å². The van der Waals surface area contributed by atoms with Crippen LogP contribution < -0.4 is 10.6 Å². The van der Waals surface area contributed by atoms with Crippen LogP contribution in [0.5, 0.6) is 0 Å². The number of nitrogens with one attached hydrogen (secondary N) is 2. The molecular weight excluding hydrogens is 484 g/mol. The molecule has 0 saturated carbocycles. The van der Waals surface area contributed by atoms with Gasteiger partial charge in [-0.2, -0.15) is 0 Å². The minimum atomic E-state index is -0.0590. The first-order valence-electron chi connectivity index (χ1n) is 13.5. The molecule has 2 amide bonds. The summed E-state index contributed by atoms with van der Waals surface area (Å²) in [6.07, 6.45) is 2.69. The summed E-state index contributed by atoms with van der Waals surface area (Å²) in [7, 11) is 0. The van der Waals surface area contributed by atoms with Crippen molar-refractivity contribution in [3.05, 3.63) is 0 Å². The Bertz CT molecular complexity index is 562. The fourth-order valence-electron chi connectivity index (χ4n) is 2.78. The molecule has 0 spiro atoms. The predicted octanol–water partition coefficient (Wildman–Crippen LogP) is 1.51. The van der Waals surface area contributed by atoms with Crippen LogP contribution in [0.25, 0.3) is 0 Å². The molecule has 37 heavy (non-hydrogen) atoms. The molecule has 0 atom stereocenters. The van der Waals surface area contributed by atoms with E-state index in [1.807, 2.05) is 20.8 Å². The van der Waals surface area contributed by atoms with Crippen LogP contribution in [-0.4, -0.2) is 110 Å². The number of hydrogen-bond acceptors (Lipinski definition) is 9. The summed E-state index contributed by atoms with van der Waals surface area (Å²) >= 11 is 0. The van der Waals surface area contributed by atoms with Gasteiger partial charge < -0.3 is 39.1 Å². The first-order chi connectivity index (χ1) is 18.0. The zero-order chi connectivity index (χ0) is 27.4. The Morgan fingerprint density at radius 3 is 1.41 bits per heavy atom. The molecule has 0 heterocycles. The summed E-state index contributed by atoms with van der Waals surface area (Å²) in [6, 6.07) is 0. The highest BCUT2D eigenvalue weighted by Crippen LogP contribution is 2.03. The monoisotopic (exact) mass is 534 g/mol. The van der Waals surface area contributed by atoms with Crippen molar-refractivity contribution in [1.29, 1.82) is 0 Å². The van der Waals surface area contributed by atoms with Crippen LogP contribution in [0.2, 0.25) is 0 Å². The third kappa shape index (κ3) is 27.2. The second kappa shape index (κ2) is 27.4. The summed E-state index contributed by atoms with van der Waals surface area (Å²) in [5.41, 5.74) is 0. The number of hydrogen-bond donors (Lipinski definition) is 2. The first kappa shape index (κ1) is 35.4. The molecular formula is C26H50N2O9. The fraction of sp³-hybridized carbons (Fsp3) is 0.885. The minimum Gasteiger partial charge on any atom is -0.379 e. The lowest BCUT2D eigenvalue weighted by Crippen LogP contribution is -2.27. The molecule has 0 aromatic heterocycles. The molecule has 218 valence electrons. The Hall–Kier alpha value is -1.63. The number of amides is 2. The van der Waals surface area contributed by atoms with Gasteiger partial charge in [0.05, 0.1) is 79.3 Å². The molecule has 0 saturated heterocycles. The van der Waals surface area contributed by atoms with Gasteiger partial charge in [0.25, 0.3) is 0 Å². The van der Waals surface area contributed by atoms with Crippen molar-refractivity contribution >= 4 is 17.6 Å². The Labute approximate surface area is 222 Å². The normalized spacial score (nSPS) is 11.1. The molecule has 0 unspecified atom stereocenters. The molecule has 0 aliphatic carbocycles. The van der Waals surface area contributed by atoms with E-state index in [-0.39, 0.29) is 23.5 Å². The Morgan fingerprint density at radius 2 is 0.946 bits per heavy atom. The van der Waals surface area contributed by atoms with E-state index in [4.69, 9.17) is 28.4 Å². The fourth-order valence-corrected chi connectivity index (χ4v) is 2.78. The van der Waals surface area contributed by atoms with Crippen LogP contribution in [0.4, 0.5) is 0 Å². The van der Waals surface area contributed by atoms with Crippen molar-refractivity contribution in [3.63, 3.8) is 0 Å². The standard InChI is InChI=1S/C26H50N2O9/c1-4-9-27-26(31)8-11-32-13-15-34-17-19-36-21-22-37-20-18-35-16-14-33-12-10-28-25(30)7-5-6-24(29)23(2)3/h23H,4-22H2,1-3H3,(H,27,31)(H,28,30). The number of Topliss-reactive ketones (excluding diaryl/α,β-unsaturated/α-hetero) is 1. The minimum absolute atomic E-state index is 0.0120. The van der Waals surface area contributed by atoms with Crippen molar-refractivity contribution in [1.82, 2.24) is 10.6 Å². The van der Waals surface area contributed by atoms with Crippen LogP contribution in [0.15, 0.2) is 0 Å². The second-order valence-electron chi connectivity index (χ2n) is 8.60. The number of ketones is 1. The number of carbonyl (C=O) groups excluding carboxylic acids is 3. The highest BCUT2D eigenvalue weighted by atomic mass is 16.6. The highest BCUT2D eigenvalue weighted by molar-refractivity contribution is 5.81. The van der Waals surface area contributed by atoms with Crippen molar-refractivity contribution in [2.75, 3.05) is 92.4 Å². The highest BCUT2D eigenvalue weighted by Gasteiger charge is 2.08. The molecule has 11 nitrogen and oxygen atoms in total. The van der Waals surface area contributed by atoms with E-state index < -0.39 is 0 Å². The maximum Gasteiger partial charge on any atom is 0.222 e. The average molecular weight is 535 g/mol. The van der Waals surface area contributed by atoms with Gasteiger partial charge in [0.1, 0.15) is 5.78 Å². The second-order valence-corrected chi connectivity index (χ2v) is 8.60. The topological polar surface area (TPSA) is 131 Å². The van der Waals surface area contributed by atoms with Crippen LogP contribution in [0.3, 0.4) is 0 Å². The van der Waals surface area contributed by atoms with E-state index in [2.05, 4.69) is 10.6 Å². The van der Waals surface area contributed by atoms with Crippen molar-refractivity contribution in [2.45, 2.75) is 52.9 Å². The first-order valence-corrected chi connectivity index (χ1v) is 13.5. The smallest absolute Gasteiger partial charge is 0.222 e. The maximum absolute atomic E-state index is 11.7. The van der Waals surface area contributed by atoms with E-state index in [0.717, 1.165) is 6.42 Å². The van der Waals surface area contributed by atoms with Crippen LogP contribution in [0.1, 0.15) is 52.9 Å². The lowest BCUT2D eigenvalue weighted by atomic mass is 10.0. The Kier molecular flexibility index (Phi) is 26.2. The van der Waals surface area contributed by atoms with Crippen LogP contribution >= 0.6 is 0 Å². The van der Waals surface area contributed by atoms with E-state index in [1.54, 1.807) is 0 Å². The van der Waals surface area contributed by atoms with Gasteiger partial charge in [0.2, 0.25) is 11.8 Å². The van der Waals surface area contributed by atoms with Gasteiger partial charge in [-0.3, -0.25) is 14.4 Å². The van der Waals surface area contributed by atoms with Crippen molar-refractivity contribution in [3.8, 4) is 0 Å². The molecule has 0 radical (unpaired) electrons. The summed E-state index contributed by atoms with van der Waals surface area (Å²) in [5, 5.41) is 5.58. The molecule has 0 aliphatic rings. The summed E-state index contributed by atoms with van der Waals surface area (Å²) in [5.74, 6) is 0.169. The summed E-state index contributed by atoms with van der Waals surface area (Å²) in [6.45, 7) is 12.4. The van der Waals surface area contributed by atoms with Gasteiger partial charge in [-0.05, 0) is 12.8 Å². The Morgan fingerprint density at radius 1 is 0.541 bits per heavy atom. The van der Waals surface area contributed by atoms with E-state index >= 15 is 0 Å². The van der Waals surface area contributed by atoms with Gasteiger partial charge in [0.15, 0.2) is 0 Å². The largest absolute Gasteiger partial charge is 0.379 e. The molecule has 0 aromatic carbocycles. The van der Waals surface area contributed by atoms with Gasteiger partial charge in [-0.25, -0.2) is 0 Å². The lowest BCUT2D eigenvalue weighted by molar-refractivity contribution is -0.123. The predicted molar refractivity (Wildman–Crippen MR) is 140 cm³/mol. The summed E-state index contributed by atoms with van der Waals surface area (Å²) in [4.78, 5) is 34.6. The van der Waals surface area contributed by atoms with Gasteiger partial charge in [0, 0.05) is 38.3 Å². The van der Waals surface area contributed by atoms with Crippen molar-refractivity contribution in [2.24, 2.45) is 5.92 Å². The number of ether oxygens (including phenoxy) is 6. The Balaban J connectivity index is 3.19. The SMILES string of the molecule is CCCNC(=O)CCOCCOCCOCCOCCOCCOCCNC(=O)CCCC(=O)C(C)C. The molecule has 0 rings (SSSR count). The molecule has 0 fully saturated rings. The quantitative estimate of drug-likeness (QED) is 0.143. The van der Waals surface area contributed by atoms with Gasteiger partial charge >= 0.3 is 0 Å². The third-order valence-electron chi connectivity index (χ3n) is 4.95. The third-order valence-corrected chi connectivity index (χ3v) is 4.95. The average Bonchev–Trinajstić information content (AvgIpc) is 2.88. The molecule has 0 aromatic rings. The molecule has 11 heteroatoms. The van der Waals surface area contributed by atoms with Crippen molar-refractivity contribution < 1.29 is 42.8 Å². The van der Waals surface area contributed by atoms with E-state index in [1.165, 1.54) is 0 Å². The zero-order valence-corrected chi connectivity index (χ0v) is 23.2. The maximum atomic E-state index is 11.7. The lowest BCUT2D eigenvalue weighted by Gasteiger charge is -2.09. The van der Waals surface area contributed by atoms with Crippen LogP contribution in [-0.2, 0) is 42.8 Å². The molecule has 2 N–H and O–H groups in total. The van der Waals surface area contributed by atoms with Gasteiger partial charge in [-0.1, -0.05) is 20.8 Å². The van der Waals surface area contributed by atoms with Gasteiger partial charge in [-0.15, -0.1) is 0 Å².